The molecule has 1 aromatic rings. The van der Waals surface area contributed by atoms with Crippen molar-refractivity contribution in [3.8, 4) is 11.5 Å². The average Bonchev–Trinajstić information content (AvgIpc) is 3.03. The molecule has 1 unspecified atom stereocenters. The van der Waals surface area contributed by atoms with Crippen LogP contribution < -0.4 is 9.47 Å². The lowest BCUT2D eigenvalue weighted by Gasteiger charge is -2.25. The molecule has 0 bridgehead atoms. The summed E-state index contributed by atoms with van der Waals surface area (Å²) in [7, 11) is 2.41. The van der Waals surface area contributed by atoms with Crippen LogP contribution in [0.4, 0.5) is 0 Å². The summed E-state index contributed by atoms with van der Waals surface area (Å²) in [5.74, 6) is 0.587. The van der Waals surface area contributed by atoms with Crippen molar-refractivity contribution in [1.82, 2.24) is 9.21 Å². The molecular formula is C15H22N2O5S. The maximum absolute atomic E-state index is 12.9. The van der Waals surface area contributed by atoms with Crippen molar-refractivity contribution < 1.29 is 22.7 Å². The Hall–Kier alpha value is -1.80. The molecule has 0 aromatic heterocycles. The van der Waals surface area contributed by atoms with Crippen LogP contribution in [0.5, 0.6) is 11.5 Å². The smallest absolute Gasteiger partial charge is 0.243 e. The van der Waals surface area contributed by atoms with Gasteiger partial charge in [0, 0.05) is 26.7 Å². The molecule has 1 heterocycles. The number of carbonyl (C=O) groups is 1. The van der Waals surface area contributed by atoms with E-state index in [0.717, 1.165) is 0 Å². The second-order valence-electron chi connectivity index (χ2n) is 5.52. The van der Waals surface area contributed by atoms with E-state index < -0.39 is 16.1 Å². The third-order valence-electron chi connectivity index (χ3n) is 3.89. The number of ether oxygens (including phenoxy) is 2. The van der Waals surface area contributed by atoms with Crippen LogP contribution in [-0.4, -0.2) is 64.4 Å². The fourth-order valence-electron chi connectivity index (χ4n) is 2.69. The molecule has 1 saturated heterocycles. The number of hydrogen-bond acceptors (Lipinski definition) is 5. The molecule has 1 aliphatic rings. The van der Waals surface area contributed by atoms with Gasteiger partial charge < -0.3 is 14.4 Å². The van der Waals surface area contributed by atoms with Crippen molar-refractivity contribution in [2.45, 2.75) is 23.8 Å². The first-order chi connectivity index (χ1) is 10.8. The van der Waals surface area contributed by atoms with Gasteiger partial charge in [0.15, 0.2) is 11.5 Å². The second-order valence-corrected chi connectivity index (χ2v) is 7.41. The Kier molecular flexibility index (Phi) is 5.16. The molecule has 7 nitrogen and oxygen atoms in total. The molecule has 1 aromatic carbocycles. The van der Waals surface area contributed by atoms with Gasteiger partial charge in [0.2, 0.25) is 15.9 Å². The van der Waals surface area contributed by atoms with Gasteiger partial charge in [0.25, 0.3) is 0 Å². The van der Waals surface area contributed by atoms with E-state index in [1.54, 1.807) is 20.2 Å². The minimum absolute atomic E-state index is 0.0913. The molecule has 0 saturated carbocycles. The predicted molar refractivity (Wildman–Crippen MR) is 85.2 cm³/mol. The fraction of sp³-hybridized carbons (Fsp3) is 0.533. The van der Waals surface area contributed by atoms with Crippen molar-refractivity contribution in [3.05, 3.63) is 18.2 Å². The van der Waals surface area contributed by atoms with E-state index in [-0.39, 0.29) is 10.8 Å². The summed E-state index contributed by atoms with van der Waals surface area (Å²) in [4.78, 5) is 13.7. The Morgan fingerprint density at radius 1 is 1.22 bits per heavy atom. The average molecular weight is 342 g/mol. The van der Waals surface area contributed by atoms with Gasteiger partial charge in [-0.15, -0.1) is 0 Å². The Morgan fingerprint density at radius 3 is 2.43 bits per heavy atom. The number of rotatable bonds is 5. The van der Waals surface area contributed by atoms with Crippen LogP contribution in [-0.2, 0) is 14.8 Å². The molecule has 1 aliphatic heterocycles. The van der Waals surface area contributed by atoms with Gasteiger partial charge in [-0.25, -0.2) is 8.42 Å². The Balaban J connectivity index is 2.39. The molecule has 1 fully saturated rings. The summed E-state index contributed by atoms with van der Waals surface area (Å²) in [6.45, 7) is 0.334. The Labute approximate surface area is 136 Å². The van der Waals surface area contributed by atoms with E-state index in [4.69, 9.17) is 9.47 Å². The van der Waals surface area contributed by atoms with Gasteiger partial charge >= 0.3 is 0 Å². The van der Waals surface area contributed by atoms with Gasteiger partial charge in [-0.2, -0.15) is 4.31 Å². The second kappa shape index (κ2) is 6.76. The van der Waals surface area contributed by atoms with Crippen molar-refractivity contribution >= 4 is 15.9 Å². The molecule has 0 N–H and O–H groups in total. The molecule has 8 heteroatoms. The lowest BCUT2D eigenvalue weighted by atomic mass is 10.2. The monoisotopic (exact) mass is 342 g/mol. The van der Waals surface area contributed by atoms with Crippen LogP contribution >= 0.6 is 0 Å². The number of methoxy groups -OCH3 is 2. The van der Waals surface area contributed by atoms with Crippen LogP contribution in [0.3, 0.4) is 0 Å². The third kappa shape index (κ3) is 3.28. The summed E-state index contributed by atoms with van der Waals surface area (Å²) in [6, 6.07) is 3.78. The first-order valence-electron chi connectivity index (χ1n) is 7.28. The Bertz CT molecular complexity index is 687. The summed E-state index contributed by atoms with van der Waals surface area (Å²) in [5.41, 5.74) is 0. The van der Waals surface area contributed by atoms with Gasteiger partial charge in [-0.1, -0.05) is 0 Å². The highest BCUT2D eigenvalue weighted by Crippen LogP contribution is 2.33. The van der Waals surface area contributed by atoms with Crippen LogP contribution in [0.25, 0.3) is 0 Å². The number of carbonyl (C=O) groups excluding carboxylic acids is 1. The molecule has 128 valence electrons. The first kappa shape index (κ1) is 17.6. The zero-order valence-electron chi connectivity index (χ0n) is 13.8. The maximum Gasteiger partial charge on any atom is 0.243 e. The van der Waals surface area contributed by atoms with E-state index in [1.807, 2.05) is 0 Å². The van der Waals surface area contributed by atoms with Crippen LogP contribution in [0, 0.1) is 0 Å². The van der Waals surface area contributed by atoms with Crippen LogP contribution in [0.15, 0.2) is 23.1 Å². The molecule has 1 amide bonds. The molecular weight excluding hydrogens is 320 g/mol. The van der Waals surface area contributed by atoms with Crippen molar-refractivity contribution in [3.63, 3.8) is 0 Å². The van der Waals surface area contributed by atoms with E-state index in [2.05, 4.69) is 0 Å². The minimum atomic E-state index is -3.77. The predicted octanol–water partition coefficient (Wildman–Crippen LogP) is 0.945. The van der Waals surface area contributed by atoms with Crippen molar-refractivity contribution in [2.24, 2.45) is 0 Å². The third-order valence-corrected chi connectivity index (χ3v) is 5.80. The zero-order chi connectivity index (χ0) is 17.2. The normalized spacial score (nSPS) is 18.7. The largest absolute Gasteiger partial charge is 0.493 e. The lowest BCUT2D eigenvalue weighted by molar-refractivity contribution is -0.132. The minimum Gasteiger partial charge on any atom is -0.493 e. The maximum atomic E-state index is 12.9. The molecule has 1 atom stereocenters. The molecule has 23 heavy (non-hydrogen) atoms. The topological polar surface area (TPSA) is 76.2 Å². The molecule has 0 aliphatic carbocycles. The Morgan fingerprint density at radius 2 is 1.87 bits per heavy atom. The number of sulfonamides is 1. The SMILES string of the molecule is COc1ccc(S(=O)(=O)N2CCCC2C(=O)N(C)C)cc1OC. The summed E-state index contributed by atoms with van der Waals surface area (Å²) in [5, 5.41) is 0. The summed E-state index contributed by atoms with van der Waals surface area (Å²) in [6.07, 6.45) is 1.19. The molecule has 0 spiro atoms. The molecule has 0 radical (unpaired) electrons. The van der Waals surface area contributed by atoms with Gasteiger partial charge in [0.1, 0.15) is 6.04 Å². The quantitative estimate of drug-likeness (QED) is 0.796. The number of nitrogens with zero attached hydrogens (tertiary/aromatic N) is 2. The van der Waals surface area contributed by atoms with E-state index in [0.29, 0.717) is 30.9 Å². The van der Waals surface area contributed by atoms with E-state index >= 15 is 0 Å². The van der Waals surface area contributed by atoms with Crippen molar-refractivity contribution in [1.29, 1.82) is 0 Å². The number of benzene rings is 1. The highest BCUT2D eigenvalue weighted by molar-refractivity contribution is 7.89. The van der Waals surface area contributed by atoms with Crippen LogP contribution in [0.2, 0.25) is 0 Å². The first-order valence-corrected chi connectivity index (χ1v) is 8.72. The van der Waals surface area contributed by atoms with Gasteiger partial charge in [-0.05, 0) is 25.0 Å². The van der Waals surface area contributed by atoms with Crippen LogP contribution in [0.1, 0.15) is 12.8 Å². The zero-order valence-corrected chi connectivity index (χ0v) is 14.6. The fourth-order valence-corrected chi connectivity index (χ4v) is 4.35. The number of amides is 1. The molecule has 2 rings (SSSR count). The lowest BCUT2D eigenvalue weighted by Crippen LogP contribution is -2.45. The highest BCUT2D eigenvalue weighted by atomic mass is 32.2. The summed E-state index contributed by atoms with van der Waals surface area (Å²) >= 11 is 0. The highest BCUT2D eigenvalue weighted by Gasteiger charge is 2.40. The summed E-state index contributed by atoms with van der Waals surface area (Å²) < 4.78 is 37.4. The van der Waals surface area contributed by atoms with Gasteiger partial charge in [0.05, 0.1) is 19.1 Å². The standard InChI is InChI=1S/C15H22N2O5S/c1-16(2)15(18)12-6-5-9-17(12)23(19,20)11-7-8-13(21-3)14(10-11)22-4/h7-8,10,12H,5-6,9H2,1-4H3. The van der Waals surface area contributed by atoms with E-state index in [1.165, 1.54) is 35.6 Å². The van der Waals surface area contributed by atoms with Crippen molar-refractivity contribution in [2.75, 3.05) is 34.9 Å². The number of likely N-dealkylation sites (N-methyl/N-ethyl adjacent to an activating group) is 1. The number of hydrogen-bond donors (Lipinski definition) is 0. The van der Waals surface area contributed by atoms with E-state index in [9.17, 15) is 13.2 Å². The van der Waals surface area contributed by atoms with Gasteiger partial charge in [-0.3, -0.25) is 4.79 Å².